The lowest BCUT2D eigenvalue weighted by Gasteiger charge is -2.02. The van der Waals surface area contributed by atoms with Gasteiger partial charge in [-0.1, -0.05) is 0 Å². The van der Waals surface area contributed by atoms with Crippen molar-refractivity contribution in [2.45, 2.75) is 0 Å². The molecule has 0 spiro atoms. The highest BCUT2D eigenvalue weighted by molar-refractivity contribution is 8.10. The van der Waals surface area contributed by atoms with Gasteiger partial charge in [-0.05, 0) is 24.3 Å². The largest absolute Gasteiger partial charge is 0.497 e. The van der Waals surface area contributed by atoms with Crippen LogP contribution in [0, 0.1) is 0 Å². The SMILES string of the molecule is COc1ccc(OS(=O)(=O)Cl)cc1. The minimum atomic E-state index is -3.97. The van der Waals surface area contributed by atoms with Crippen LogP contribution in [0.3, 0.4) is 0 Å². The van der Waals surface area contributed by atoms with Crippen molar-refractivity contribution in [1.82, 2.24) is 0 Å². The van der Waals surface area contributed by atoms with Crippen molar-refractivity contribution in [2.75, 3.05) is 7.11 Å². The minimum Gasteiger partial charge on any atom is -0.497 e. The first-order chi connectivity index (χ1) is 6.01. The van der Waals surface area contributed by atoms with Gasteiger partial charge in [0.2, 0.25) is 0 Å². The fraction of sp³-hybridized carbons (Fsp3) is 0.143. The Labute approximate surface area is 80.7 Å². The van der Waals surface area contributed by atoms with Gasteiger partial charge in [0, 0.05) is 0 Å². The van der Waals surface area contributed by atoms with Gasteiger partial charge in [-0.3, -0.25) is 0 Å². The van der Waals surface area contributed by atoms with E-state index in [1.807, 2.05) is 0 Å². The van der Waals surface area contributed by atoms with Gasteiger partial charge >= 0.3 is 9.33 Å². The van der Waals surface area contributed by atoms with E-state index in [-0.39, 0.29) is 5.75 Å². The van der Waals surface area contributed by atoms with Crippen LogP contribution in [0.25, 0.3) is 0 Å². The zero-order valence-corrected chi connectivity index (χ0v) is 8.30. The summed E-state index contributed by atoms with van der Waals surface area (Å²) in [5.74, 6) is 0.759. The summed E-state index contributed by atoms with van der Waals surface area (Å²) in [6.45, 7) is 0. The average molecular weight is 223 g/mol. The van der Waals surface area contributed by atoms with E-state index in [4.69, 9.17) is 15.4 Å². The van der Waals surface area contributed by atoms with Crippen molar-refractivity contribution in [2.24, 2.45) is 0 Å². The average Bonchev–Trinajstić information content (AvgIpc) is 2.03. The van der Waals surface area contributed by atoms with E-state index in [0.29, 0.717) is 5.75 Å². The van der Waals surface area contributed by atoms with E-state index >= 15 is 0 Å². The molecule has 0 aromatic heterocycles. The van der Waals surface area contributed by atoms with E-state index in [1.165, 1.54) is 19.2 Å². The molecule has 0 saturated carbocycles. The minimum absolute atomic E-state index is 0.149. The monoisotopic (exact) mass is 222 g/mol. The van der Waals surface area contributed by atoms with Crippen molar-refractivity contribution in [3.63, 3.8) is 0 Å². The van der Waals surface area contributed by atoms with E-state index < -0.39 is 9.33 Å². The lowest BCUT2D eigenvalue weighted by molar-refractivity contribution is 0.414. The van der Waals surface area contributed by atoms with Gasteiger partial charge in [-0.2, -0.15) is 8.42 Å². The first kappa shape index (κ1) is 10.1. The standard InChI is InChI=1S/C7H7ClO4S/c1-11-6-2-4-7(5-3-6)12-13(8,9)10/h2-5H,1H3. The van der Waals surface area contributed by atoms with Crippen LogP contribution in [0.5, 0.6) is 11.5 Å². The highest BCUT2D eigenvalue weighted by Gasteiger charge is 2.06. The number of hydrogen-bond donors (Lipinski definition) is 0. The van der Waals surface area contributed by atoms with Crippen LogP contribution in [-0.2, 0) is 9.33 Å². The Balaban J connectivity index is 2.81. The van der Waals surface area contributed by atoms with Crippen molar-refractivity contribution in [3.8, 4) is 11.5 Å². The van der Waals surface area contributed by atoms with E-state index in [0.717, 1.165) is 0 Å². The molecule has 1 aromatic rings. The fourth-order valence-corrected chi connectivity index (χ4v) is 1.31. The number of rotatable bonds is 3. The van der Waals surface area contributed by atoms with Gasteiger partial charge < -0.3 is 8.92 Å². The molecular weight excluding hydrogens is 216 g/mol. The predicted molar refractivity (Wildman–Crippen MR) is 48.4 cm³/mol. The van der Waals surface area contributed by atoms with Crippen LogP contribution in [0.4, 0.5) is 0 Å². The molecule has 1 aromatic carbocycles. The van der Waals surface area contributed by atoms with Crippen LogP contribution in [0.15, 0.2) is 24.3 Å². The number of methoxy groups -OCH3 is 1. The van der Waals surface area contributed by atoms with Crippen LogP contribution in [-0.4, -0.2) is 15.5 Å². The molecule has 0 saturated heterocycles. The second kappa shape index (κ2) is 3.85. The first-order valence-electron chi connectivity index (χ1n) is 3.29. The van der Waals surface area contributed by atoms with Crippen LogP contribution in [0.1, 0.15) is 0 Å². The molecule has 0 amide bonds. The number of hydrogen-bond acceptors (Lipinski definition) is 4. The second-order valence-electron chi connectivity index (χ2n) is 2.15. The Morgan fingerprint density at radius 1 is 1.15 bits per heavy atom. The molecule has 0 radical (unpaired) electrons. The Hall–Kier alpha value is -0.940. The smallest absolute Gasteiger partial charge is 0.401 e. The molecule has 0 aliphatic heterocycles. The first-order valence-corrected chi connectivity index (χ1v) is 5.53. The van der Waals surface area contributed by atoms with E-state index in [1.54, 1.807) is 12.1 Å². The third kappa shape index (κ3) is 3.52. The second-order valence-corrected chi connectivity index (χ2v) is 4.24. The Kier molecular flexibility index (Phi) is 3.00. The summed E-state index contributed by atoms with van der Waals surface area (Å²) in [6, 6.07) is 6.02. The highest BCUT2D eigenvalue weighted by Crippen LogP contribution is 2.19. The molecule has 0 unspecified atom stereocenters. The molecule has 1 rings (SSSR count). The molecule has 0 heterocycles. The van der Waals surface area contributed by atoms with E-state index in [9.17, 15) is 8.42 Å². The van der Waals surface area contributed by atoms with Gasteiger partial charge in [0.25, 0.3) is 0 Å². The molecule has 6 heteroatoms. The molecule has 0 fully saturated rings. The summed E-state index contributed by atoms with van der Waals surface area (Å²) < 4.78 is 30.2. The molecule has 72 valence electrons. The lowest BCUT2D eigenvalue weighted by Crippen LogP contribution is -1.99. The van der Waals surface area contributed by atoms with Gasteiger partial charge in [0.1, 0.15) is 11.5 Å². The Morgan fingerprint density at radius 2 is 1.62 bits per heavy atom. The van der Waals surface area contributed by atoms with Crippen molar-refractivity contribution in [3.05, 3.63) is 24.3 Å². The Bertz CT molecular complexity index is 370. The summed E-state index contributed by atoms with van der Waals surface area (Å²) in [5.41, 5.74) is 0. The predicted octanol–water partition coefficient (Wildman–Crippen LogP) is 1.56. The van der Waals surface area contributed by atoms with Crippen LogP contribution >= 0.6 is 10.7 Å². The third-order valence-electron chi connectivity index (χ3n) is 1.26. The maximum Gasteiger partial charge on any atom is 0.401 e. The van der Waals surface area contributed by atoms with Gasteiger partial charge in [0.15, 0.2) is 0 Å². The normalized spacial score (nSPS) is 10.9. The van der Waals surface area contributed by atoms with Crippen molar-refractivity contribution in [1.29, 1.82) is 0 Å². The summed E-state index contributed by atoms with van der Waals surface area (Å²) in [7, 11) is 2.40. The summed E-state index contributed by atoms with van der Waals surface area (Å²) in [4.78, 5) is 0. The maximum atomic E-state index is 10.5. The molecule has 0 atom stereocenters. The molecule has 0 N–H and O–H groups in total. The zero-order valence-electron chi connectivity index (χ0n) is 6.73. The zero-order chi connectivity index (χ0) is 9.90. The van der Waals surface area contributed by atoms with Gasteiger partial charge in [-0.15, -0.1) is 0 Å². The highest BCUT2D eigenvalue weighted by atomic mass is 35.7. The van der Waals surface area contributed by atoms with E-state index in [2.05, 4.69) is 4.18 Å². The molecule has 0 aliphatic carbocycles. The van der Waals surface area contributed by atoms with Crippen LogP contribution in [0.2, 0.25) is 0 Å². The summed E-state index contributed by atoms with van der Waals surface area (Å²) >= 11 is 0. The number of halogens is 1. The quantitative estimate of drug-likeness (QED) is 0.729. The third-order valence-corrected chi connectivity index (χ3v) is 1.84. The molecule has 0 bridgehead atoms. The molecule has 0 aliphatic rings. The lowest BCUT2D eigenvalue weighted by atomic mass is 10.3. The number of benzene rings is 1. The molecular formula is C7H7ClO4S. The van der Waals surface area contributed by atoms with Crippen molar-refractivity contribution < 1.29 is 17.3 Å². The Morgan fingerprint density at radius 3 is 2.00 bits per heavy atom. The van der Waals surface area contributed by atoms with Gasteiger partial charge in [-0.25, -0.2) is 0 Å². The van der Waals surface area contributed by atoms with Gasteiger partial charge in [0.05, 0.1) is 17.8 Å². The molecule has 13 heavy (non-hydrogen) atoms. The fourth-order valence-electron chi connectivity index (χ4n) is 0.746. The number of ether oxygens (including phenoxy) is 1. The summed E-state index contributed by atoms with van der Waals surface area (Å²) in [6.07, 6.45) is 0. The molecule has 4 nitrogen and oxygen atoms in total. The maximum absolute atomic E-state index is 10.5. The summed E-state index contributed by atoms with van der Waals surface area (Å²) in [5, 5.41) is 0. The topological polar surface area (TPSA) is 52.6 Å². The van der Waals surface area contributed by atoms with Crippen molar-refractivity contribution >= 4 is 20.0 Å². The van der Waals surface area contributed by atoms with Crippen LogP contribution < -0.4 is 8.92 Å².